The molecule has 0 saturated heterocycles. The van der Waals surface area contributed by atoms with E-state index in [1.165, 1.54) is 18.2 Å². The zero-order valence-electron chi connectivity index (χ0n) is 8.56. The number of carbonyl (C=O) groups is 1. The third-order valence-corrected chi connectivity index (χ3v) is 2.96. The summed E-state index contributed by atoms with van der Waals surface area (Å²) in [6, 6.07) is 5.70. The number of hydrogen-bond donors (Lipinski definition) is 1. The molecule has 0 fully saturated rings. The normalized spacial score (nSPS) is 15.9. The number of thiol groups is 1. The lowest BCUT2D eigenvalue weighted by molar-refractivity contribution is 0.0600. The van der Waals surface area contributed by atoms with E-state index in [1.807, 2.05) is 16.4 Å². The van der Waals surface area contributed by atoms with Gasteiger partial charge in [-0.25, -0.2) is 9.10 Å². The van der Waals surface area contributed by atoms with Crippen molar-refractivity contribution in [3.63, 3.8) is 0 Å². The zero-order chi connectivity index (χ0) is 10.8. The summed E-state index contributed by atoms with van der Waals surface area (Å²) in [6.45, 7) is 1.75. The summed E-state index contributed by atoms with van der Waals surface area (Å²) in [6.07, 6.45) is 0.934. The van der Waals surface area contributed by atoms with E-state index in [0.717, 1.165) is 19.5 Å². The average molecular weight is 223 g/mol. The first kappa shape index (κ1) is 10.5. The second-order valence-corrected chi connectivity index (χ2v) is 4.18. The van der Waals surface area contributed by atoms with Crippen LogP contribution in [-0.4, -0.2) is 23.9 Å². The van der Waals surface area contributed by atoms with Crippen molar-refractivity contribution in [1.29, 1.82) is 0 Å². The summed E-state index contributed by atoms with van der Waals surface area (Å²) in [5, 5.41) is 0. The predicted octanol–water partition coefficient (Wildman–Crippen LogP) is 1.68. The van der Waals surface area contributed by atoms with Gasteiger partial charge in [-0.2, -0.15) is 0 Å². The number of methoxy groups -OCH3 is 1. The molecule has 0 bridgehead atoms. The molecule has 1 aliphatic heterocycles. The Labute approximate surface area is 94.6 Å². The Bertz CT molecular complexity index is 392. The molecule has 0 radical (unpaired) electrons. The van der Waals surface area contributed by atoms with Crippen molar-refractivity contribution in [3.8, 4) is 0 Å². The molecule has 1 aromatic carbocycles. The van der Waals surface area contributed by atoms with Gasteiger partial charge < -0.3 is 4.74 Å². The highest BCUT2D eigenvalue weighted by Gasteiger charge is 2.15. The van der Waals surface area contributed by atoms with Crippen LogP contribution in [0.2, 0.25) is 0 Å². The van der Waals surface area contributed by atoms with Crippen molar-refractivity contribution >= 4 is 18.8 Å². The van der Waals surface area contributed by atoms with Crippen LogP contribution in [0.1, 0.15) is 21.5 Å². The molecular formula is C11H13NO2S. The van der Waals surface area contributed by atoms with Gasteiger partial charge in [-0.15, -0.1) is 0 Å². The number of esters is 1. The fourth-order valence-corrected chi connectivity index (χ4v) is 2.04. The van der Waals surface area contributed by atoms with Crippen molar-refractivity contribution in [2.45, 2.75) is 13.0 Å². The topological polar surface area (TPSA) is 29.5 Å². The maximum absolute atomic E-state index is 11.3. The molecule has 80 valence electrons. The van der Waals surface area contributed by atoms with Crippen LogP contribution < -0.4 is 0 Å². The van der Waals surface area contributed by atoms with E-state index in [0.29, 0.717) is 5.56 Å². The molecular weight excluding hydrogens is 210 g/mol. The molecule has 0 atom stereocenters. The van der Waals surface area contributed by atoms with Gasteiger partial charge in [0.1, 0.15) is 0 Å². The predicted molar refractivity (Wildman–Crippen MR) is 60.9 cm³/mol. The van der Waals surface area contributed by atoms with Crippen molar-refractivity contribution in [2.24, 2.45) is 0 Å². The number of nitrogens with zero attached hydrogens (tertiary/aromatic N) is 1. The molecule has 0 unspecified atom stereocenters. The maximum Gasteiger partial charge on any atom is 0.337 e. The van der Waals surface area contributed by atoms with Crippen molar-refractivity contribution in [3.05, 3.63) is 34.9 Å². The van der Waals surface area contributed by atoms with E-state index in [9.17, 15) is 4.79 Å². The molecule has 0 amide bonds. The van der Waals surface area contributed by atoms with E-state index in [2.05, 4.69) is 17.6 Å². The minimum Gasteiger partial charge on any atom is -0.465 e. The Morgan fingerprint density at radius 2 is 2.27 bits per heavy atom. The van der Waals surface area contributed by atoms with Crippen molar-refractivity contribution in [1.82, 2.24) is 4.31 Å². The Hall–Kier alpha value is -1.00. The SMILES string of the molecule is COC(=O)c1ccc2c(c1)CCN(S)C2. The van der Waals surface area contributed by atoms with E-state index in [4.69, 9.17) is 0 Å². The molecule has 0 N–H and O–H groups in total. The lowest BCUT2D eigenvalue weighted by Crippen LogP contribution is -2.22. The zero-order valence-corrected chi connectivity index (χ0v) is 9.46. The number of carbonyl (C=O) groups excluding carboxylic acids is 1. The molecule has 4 heteroatoms. The minimum absolute atomic E-state index is 0.272. The highest BCUT2D eigenvalue weighted by atomic mass is 32.1. The smallest absolute Gasteiger partial charge is 0.337 e. The molecule has 2 rings (SSSR count). The van der Waals surface area contributed by atoms with Crippen LogP contribution in [0.4, 0.5) is 0 Å². The average Bonchev–Trinajstić information content (AvgIpc) is 2.27. The molecule has 0 aliphatic carbocycles. The lowest BCUT2D eigenvalue weighted by atomic mass is 9.98. The van der Waals surface area contributed by atoms with Gasteiger partial charge in [0.05, 0.1) is 12.7 Å². The Morgan fingerprint density at radius 3 is 3.00 bits per heavy atom. The van der Waals surface area contributed by atoms with Crippen LogP contribution in [0, 0.1) is 0 Å². The van der Waals surface area contributed by atoms with Gasteiger partial charge in [0.2, 0.25) is 0 Å². The van der Waals surface area contributed by atoms with Gasteiger partial charge in [0, 0.05) is 13.1 Å². The first-order chi connectivity index (χ1) is 7.20. The number of fused-ring (bicyclic) bond motifs is 1. The summed E-state index contributed by atoms with van der Waals surface area (Å²) in [5.41, 5.74) is 3.09. The van der Waals surface area contributed by atoms with Gasteiger partial charge in [-0.05, 0) is 29.7 Å². The quantitative estimate of drug-likeness (QED) is 0.580. The van der Waals surface area contributed by atoms with E-state index < -0.39 is 0 Å². The minimum atomic E-state index is -0.272. The van der Waals surface area contributed by atoms with Crippen LogP contribution >= 0.6 is 12.8 Å². The van der Waals surface area contributed by atoms with Crippen LogP contribution in [0.5, 0.6) is 0 Å². The van der Waals surface area contributed by atoms with E-state index in [1.54, 1.807) is 6.07 Å². The number of rotatable bonds is 1. The molecule has 3 nitrogen and oxygen atoms in total. The lowest BCUT2D eigenvalue weighted by Gasteiger charge is -2.23. The Morgan fingerprint density at radius 1 is 1.47 bits per heavy atom. The van der Waals surface area contributed by atoms with Crippen molar-refractivity contribution in [2.75, 3.05) is 13.7 Å². The summed E-state index contributed by atoms with van der Waals surface area (Å²) < 4.78 is 6.66. The van der Waals surface area contributed by atoms with Crippen LogP contribution in [0.15, 0.2) is 18.2 Å². The maximum atomic E-state index is 11.3. The first-order valence-electron chi connectivity index (χ1n) is 4.84. The second kappa shape index (κ2) is 4.24. The fourth-order valence-electron chi connectivity index (χ4n) is 1.78. The Balaban J connectivity index is 2.30. The summed E-state index contributed by atoms with van der Waals surface area (Å²) in [7, 11) is 1.40. The number of benzene rings is 1. The molecule has 0 spiro atoms. The van der Waals surface area contributed by atoms with E-state index >= 15 is 0 Å². The van der Waals surface area contributed by atoms with Gasteiger partial charge in [-0.1, -0.05) is 18.9 Å². The van der Waals surface area contributed by atoms with Crippen molar-refractivity contribution < 1.29 is 9.53 Å². The summed E-state index contributed by atoms with van der Waals surface area (Å²) in [4.78, 5) is 11.3. The third-order valence-electron chi connectivity index (χ3n) is 2.62. The third kappa shape index (κ3) is 2.16. The molecule has 1 heterocycles. The first-order valence-corrected chi connectivity index (χ1v) is 5.24. The van der Waals surface area contributed by atoms with Crippen LogP contribution in [0.25, 0.3) is 0 Å². The molecule has 0 saturated carbocycles. The van der Waals surface area contributed by atoms with Gasteiger partial charge in [0.15, 0.2) is 0 Å². The molecule has 1 aliphatic rings. The number of ether oxygens (including phenoxy) is 1. The molecule has 0 aromatic heterocycles. The second-order valence-electron chi connectivity index (χ2n) is 3.61. The van der Waals surface area contributed by atoms with E-state index in [-0.39, 0.29) is 5.97 Å². The fraction of sp³-hybridized carbons (Fsp3) is 0.364. The Kier molecular flexibility index (Phi) is 2.98. The highest BCUT2D eigenvalue weighted by Crippen LogP contribution is 2.21. The molecule has 1 aromatic rings. The van der Waals surface area contributed by atoms with Crippen LogP contribution in [0.3, 0.4) is 0 Å². The van der Waals surface area contributed by atoms with Gasteiger partial charge >= 0.3 is 5.97 Å². The van der Waals surface area contributed by atoms with Gasteiger partial charge in [0.25, 0.3) is 0 Å². The number of hydrogen-bond acceptors (Lipinski definition) is 4. The summed E-state index contributed by atoms with van der Waals surface area (Å²) in [5.74, 6) is -0.272. The van der Waals surface area contributed by atoms with Gasteiger partial charge in [-0.3, -0.25) is 0 Å². The highest BCUT2D eigenvalue weighted by molar-refractivity contribution is 7.77. The largest absolute Gasteiger partial charge is 0.465 e. The standard InChI is InChI=1S/C11H13NO2S/c1-14-11(13)9-2-3-10-7-12(15)5-4-8(10)6-9/h2-3,6,15H,4-5,7H2,1H3. The summed E-state index contributed by atoms with van der Waals surface area (Å²) >= 11 is 4.31. The monoisotopic (exact) mass is 223 g/mol. The van der Waals surface area contributed by atoms with Crippen LogP contribution in [-0.2, 0) is 17.7 Å². The molecule has 15 heavy (non-hydrogen) atoms.